The Balaban J connectivity index is 1.88. The van der Waals surface area contributed by atoms with Gasteiger partial charge < -0.3 is 5.11 Å². The first-order chi connectivity index (χ1) is 10.6. The van der Waals surface area contributed by atoms with Crippen molar-refractivity contribution in [2.45, 2.75) is 31.4 Å². The molecule has 0 bridgehead atoms. The van der Waals surface area contributed by atoms with Crippen LogP contribution in [0.2, 0.25) is 0 Å². The molecule has 0 aliphatic carbocycles. The van der Waals surface area contributed by atoms with E-state index in [1.807, 2.05) is 35.7 Å². The number of sulfone groups is 1. The van der Waals surface area contributed by atoms with E-state index in [0.717, 1.165) is 17.8 Å². The van der Waals surface area contributed by atoms with Crippen LogP contribution in [0, 0.1) is 0 Å². The maximum Gasteiger partial charge on any atom is 0.156 e. The van der Waals surface area contributed by atoms with Gasteiger partial charge in [0.25, 0.3) is 0 Å². The zero-order chi connectivity index (χ0) is 15.8. The number of nitrogens with zero attached hydrogens (tertiary/aromatic N) is 1. The minimum absolute atomic E-state index is 0.0113. The molecule has 0 saturated heterocycles. The summed E-state index contributed by atoms with van der Waals surface area (Å²) in [6, 6.07) is 10.0. The highest BCUT2D eigenvalue weighted by molar-refractivity contribution is 7.90. The molecule has 0 aliphatic heterocycles. The van der Waals surface area contributed by atoms with Crippen LogP contribution in [0.1, 0.15) is 35.5 Å². The van der Waals surface area contributed by atoms with Crippen molar-refractivity contribution >= 4 is 21.2 Å². The van der Waals surface area contributed by atoms with E-state index >= 15 is 0 Å². The summed E-state index contributed by atoms with van der Waals surface area (Å²) in [5, 5.41) is 11.5. The van der Waals surface area contributed by atoms with Gasteiger partial charge in [-0.2, -0.15) is 0 Å². The van der Waals surface area contributed by atoms with E-state index < -0.39 is 9.84 Å². The number of thiazole rings is 1. The smallest absolute Gasteiger partial charge is 0.156 e. The third kappa shape index (κ3) is 5.87. The standard InChI is InChI=1S/C16H21NO3S2/c18-9-5-2-6-10-22(19,20)13-15-12-21-16(17-15)11-14-7-3-1-4-8-14/h1,3-4,7-8,12,18H,2,5-6,9-11,13H2. The first-order valence-corrected chi connectivity index (χ1v) is 10.1. The maximum atomic E-state index is 12.0. The predicted molar refractivity (Wildman–Crippen MR) is 89.8 cm³/mol. The van der Waals surface area contributed by atoms with Crippen LogP contribution in [0.3, 0.4) is 0 Å². The average molecular weight is 339 g/mol. The lowest BCUT2D eigenvalue weighted by atomic mass is 10.2. The van der Waals surface area contributed by atoms with E-state index in [9.17, 15) is 8.42 Å². The van der Waals surface area contributed by atoms with Crippen molar-refractivity contribution in [1.82, 2.24) is 4.98 Å². The molecule has 0 saturated carbocycles. The van der Waals surface area contributed by atoms with Crippen LogP contribution in [0.25, 0.3) is 0 Å². The number of hydrogen-bond acceptors (Lipinski definition) is 5. The van der Waals surface area contributed by atoms with Crippen molar-refractivity contribution in [3.8, 4) is 0 Å². The highest BCUT2D eigenvalue weighted by atomic mass is 32.2. The first kappa shape index (κ1) is 17.1. The van der Waals surface area contributed by atoms with E-state index in [4.69, 9.17) is 5.11 Å². The molecule has 0 atom stereocenters. The van der Waals surface area contributed by atoms with Crippen LogP contribution in [-0.4, -0.2) is 30.9 Å². The fourth-order valence-electron chi connectivity index (χ4n) is 2.17. The number of hydrogen-bond donors (Lipinski definition) is 1. The van der Waals surface area contributed by atoms with E-state index in [2.05, 4.69) is 4.98 Å². The average Bonchev–Trinajstić information content (AvgIpc) is 2.91. The Morgan fingerprint density at radius 2 is 1.86 bits per heavy atom. The summed E-state index contributed by atoms with van der Waals surface area (Å²) < 4.78 is 24.1. The Morgan fingerprint density at radius 1 is 1.09 bits per heavy atom. The van der Waals surface area contributed by atoms with E-state index in [1.165, 1.54) is 16.9 Å². The van der Waals surface area contributed by atoms with Crippen LogP contribution in [0.5, 0.6) is 0 Å². The molecule has 0 radical (unpaired) electrons. The van der Waals surface area contributed by atoms with Gasteiger partial charge in [-0.05, 0) is 18.4 Å². The molecular formula is C16H21NO3S2. The Kier molecular flexibility index (Phi) is 6.54. The summed E-state index contributed by atoms with van der Waals surface area (Å²) in [6.07, 6.45) is 2.74. The molecule has 1 N–H and O–H groups in total. The fraction of sp³-hybridized carbons (Fsp3) is 0.438. The first-order valence-electron chi connectivity index (χ1n) is 7.37. The van der Waals surface area contributed by atoms with E-state index in [1.54, 1.807) is 0 Å². The molecule has 1 aromatic carbocycles. The van der Waals surface area contributed by atoms with Gasteiger partial charge in [0, 0.05) is 18.4 Å². The van der Waals surface area contributed by atoms with Gasteiger partial charge in [0.05, 0.1) is 22.2 Å². The highest BCUT2D eigenvalue weighted by Crippen LogP contribution is 2.17. The lowest BCUT2D eigenvalue weighted by Crippen LogP contribution is -2.10. The quantitative estimate of drug-likeness (QED) is 0.713. The Morgan fingerprint density at radius 3 is 2.59 bits per heavy atom. The maximum absolute atomic E-state index is 12.0. The molecular weight excluding hydrogens is 318 g/mol. The van der Waals surface area contributed by atoms with Crippen LogP contribution in [-0.2, 0) is 22.0 Å². The zero-order valence-electron chi connectivity index (χ0n) is 12.4. The number of benzene rings is 1. The van der Waals surface area contributed by atoms with Crippen molar-refractivity contribution in [1.29, 1.82) is 0 Å². The number of aliphatic hydroxyl groups is 1. The summed E-state index contributed by atoms with van der Waals surface area (Å²) in [7, 11) is -3.11. The third-order valence-electron chi connectivity index (χ3n) is 3.28. The van der Waals surface area contributed by atoms with Gasteiger partial charge >= 0.3 is 0 Å². The Labute approximate surface area is 135 Å². The lowest BCUT2D eigenvalue weighted by molar-refractivity contribution is 0.284. The molecule has 4 nitrogen and oxygen atoms in total. The normalized spacial score (nSPS) is 11.7. The summed E-state index contributed by atoms with van der Waals surface area (Å²) in [5.74, 6) is 0.177. The van der Waals surface area contributed by atoms with Crippen molar-refractivity contribution < 1.29 is 13.5 Å². The number of rotatable bonds is 9. The van der Waals surface area contributed by atoms with Gasteiger partial charge in [-0.3, -0.25) is 0 Å². The second-order valence-corrected chi connectivity index (χ2v) is 8.40. The zero-order valence-corrected chi connectivity index (χ0v) is 14.1. The Bertz CT molecular complexity index is 666. The molecule has 6 heteroatoms. The molecule has 120 valence electrons. The second kappa shape index (κ2) is 8.41. The van der Waals surface area contributed by atoms with Gasteiger partial charge in [0.15, 0.2) is 9.84 Å². The van der Waals surface area contributed by atoms with Gasteiger partial charge in [0.2, 0.25) is 0 Å². The molecule has 0 fully saturated rings. The van der Waals surface area contributed by atoms with Gasteiger partial charge in [-0.25, -0.2) is 13.4 Å². The van der Waals surface area contributed by atoms with Gasteiger partial charge in [-0.1, -0.05) is 36.8 Å². The topological polar surface area (TPSA) is 67.3 Å². The van der Waals surface area contributed by atoms with Gasteiger partial charge in [0.1, 0.15) is 0 Å². The van der Waals surface area contributed by atoms with Crippen LogP contribution < -0.4 is 0 Å². The fourth-order valence-corrected chi connectivity index (χ4v) is 4.50. The van der Waals surface area contributed by atoms with Crippen LogP contribution >= 0.6 is 11.3 Å². The number of aromatic nitrogens is 1. The summed E-state index contributed by atoms with van der Waals surface area (Å²) in [4.78, 5) is 4.43. The molecule has 1 heterocycles. The number of aliphatic hydroxyl groups excluding tert-OH is 1. The van der Waals surface area contributed by atoms with Crippen molar-refractivity contribution in [3.05, 3.63) is 52.0 Å². The van der Waals surface area contributed by atoms with E-state index in [0.29, 0.717) is 18.5 Å². The Hall–Kier alpha value is -1.24. The molecule has 2 aromatic rings. The minimum Gasteiger partial charge on any atom is -0.396 e. The highest BCUT2D eigenvalue weighted by Gasteiger charge is 2.14. The SMILES string of the molecule is O=S(=O)(CCCCCO)Cc1csc(Cc2ccccc2)n1. The summed E-state index contributed by atoms with van der Waals surface area (Å²) in [5.41, 5.74) is 1.81. The largest absolute Gasteiger partial charge is 0.396 e. The molecule has 2 rings (SSSR count). The molecule has 0 spiro atoms. The third-order valence-corrected chi connectivity index (χ3v) is 5.82. The van der Waals surface area contributed by atoms with Crippen molar-refractivity contribution in [2.24, 2.45) is 0 Å². The molecule has 1 aromatic heterocycles. The van der Waals surface area contributed by atoms with Crippen molar-refractivity contribution in [2.75, 3.05) is 12.4 Å². The van der Waals surface area contributed by atoms with Gasteiger partial charge in [-0.15, -0.1) is 11.3 Å². The second-order valence-electron chi connectivity index (χ2n) is 5.27. The summed E-state index contributed by atoms with van der Waals surface area (Å²) in [6.45, 7) is 0.120. The monoisotopic (exact) mass is 339 g/mol. The number of unbranched alkanes of at least 4 members (excludes halogenated alkanes) is 2. The van der Waals surface area contributed by atoms with Crippen LogP contribution in [0.15, 0.2) is 35.7 Å². The van der Waals surface area contributed by atoms with Crippen molar-refractivity contribution in [3.63, 3.8) is 0 Å². The van der Waals surface area contributed by atoms with E-state index in [-0.39, 0.29) is 18.1 Å². The predicted octanol–water partition coefficient (Wildman–Crippen LogP) is 2.81. The molecule has 0 aliphatic rings. The molecule has 22 heavy (non-hydrogen) atoms. The molecule has 0 unspecified atom stereocenters. The van der Waals surface area contributed by atoms with Crippen LogP contribution in [0.4, 0.5) is 0 Å². The molecule has 0 amide bonds. The minimum atomic E-state index is -3.11. The lowest BCUT2D eigenvalue weighted by Gasteiger charge is -2.02. The summed E-state index contributed by atoms with van der Waals surface area (Å²) >= 11 is 1.51.